The lowest BCUT2D eigenvalue weighted by atomic mass is 9.77. The molecule has 1 unspecified atom stereocenters. The van der Waals surface area contributed by atoms with E-state index in [1.54, 1.807) is 7.11 Å². The van der Waals surface area contributed by atoms with E-state index in [2.05, 4.69) is 31.0 Å². The van der Waals surface area contributed by atoms with Crippen molar-refractivity contribution in [3.05, 3.63) is 29.8 Å². The van der Waals surface area contributed by atoms with Gasteiger partial charge < -0.3 is 10.1 Å². The molecule has 134 valence electrons. The fourth-order valence-electron chi connectivity index (χ4n) is 3.38. The van der Waals surface area contributed by atoms with Gasteiger partial charge >= 0.3 is 0 Å². The van der Waals surface area contributed by atoms with Crippen molar-refractivity contribution in [1.82, 2.24) is 10.2 Å². The maximum Gasteiger partial charge on any atom is 0.234 e. The Labute approximate surface area is 146 Å². The summed E-state index contributed by atoms with van der Waals surface area (Å²) < 4.78 is 5.15. The molecule has 1 atom stereocenters. The number of amides is 1. The zero-order chi connectivity index (χ0) is 17.6. The predicted molar refractivity (Wildman–Crippen MR) is 98.1 cm³/mol. The SMILES string of the molecule is COc1ccc(CNC(=O)CN2CCCC(C(C)(C)C)CC2)cc1. The second-order valence-corrected chi connectivity index (χ2v) is 7.89. The molecule has 24 heavy (non-hydrogen) atoms. The first kappa shape index (κ1) is 18.8. The van der Waals surface area contributed by atoms with Crippen molar-refractivity contribution in [3.8, 4) is 5.75 Å². The van der Waals surface area contributed by atoms with Crippen molar-refractivity contribution in [1.29, 1.82) is 0 Å². The molecule has 1 aromatic carbocycles. The van der Waals surface area contributed by atoms with Gasteiger partial charge in [-0.1, -0.05) is 32.9 Å². The molecule has 0 radical (unpaired) electrons. The van der Waals surface area contributed by atoms with Crippen LogP contribution in [0, 0.1) is 11.3 Å². The van der Waals surface area contributed by atoms with Gasteiger partial charge in [-0.15, -0.1) is 0 Å². The van der Waals surface area contributed by atoms with Gasteiger partial charge in [0, 0.05) is 6.54 Å². The first-order chi connectivity index (χ1) is 11.4. The number of likely N-dealkylation sites (tertiary alicyclic amines) is 1. The second kappa shape index (κ2) is 8.52. The number of ether oxygens (including phenoxy) is 1. The highest BCUT2D eigenvalue weighted by Crippen LogP contribution is 2.34. The van der Waals surface area contributed by atoms with Crippen molar-refractivity contribution in [2.24, 2.45) is 11.3 Å². The molecule has 0 aliphatic carbocycles. The molecule has 1 aliphatic rings. The summed E-state index contributed by atoms with van der Waals surface area (Å²) in [4.78, 5) is 14.5. The van der Waals surface area contributed by atoms with Crippen LogP contribution in [0.2, 0.25) is 0 Å². The van der Waals surface area contributed by atoms with Crippen LogP contribution >= 0.6 is 0 Å². The molecule has 0 aromatic heterocycles. The topological polar surface area (TPSA) is 41.6 Å². The van der Waals surface area contributed by atoms with Crippen molar-refractivity contribution in [2.75, 3.05) is 26.7 Å². The molecule has 1 aliphatic heterocycles. The highest BCUT2D eigenvalue weighted by molar-refractivity contribution is 5.78. The fraction of sp³-hybridized carbons (Fsp3) is 0.650. The monoisotopic (exact) mass is 332 g/mol. The third-order valence-electron chi connectivity index (χ3n) is 5.06. The molecule has 4 heteroatoms. The summed E-state index contributed by atoms with van der Waals surface area (Å²) in [5.41, 5.74) is 1.46. The fourth-order valence-corrected chi connectivity index (χ4v) is 3.38. The number of carbonyl (C=O) groups excluding carboxylic acids is 1. The van der Waals surface area contributed by atoms with Gasteiger partial charge in [0.05, 0.1) is 13.7 Å². The second-order valence-electron chi connectivity index (χ2n) is 7.89. The number of methoxy groups -OCH3 is 1. The molecule has 0 saturated carbocycles. The van der Waals surface area contributed by atoms with Crippen LogP contribution in [0.4, 0.5) is 0 Å². The van der Waals surface area contributed by atoms with E-state index in [1.807, 2.05) is 24.3 Å². The van der Waals surface area contributed by atoms with Gasteiger partial charge in [-0.2, -0.15) is 0 Å². The Balaban J connectivity index is 1.75. The van der Waals surface area contributed by atoms with E-state index in [9.17, 15) is 4.79 Å². The lowest BCUT2D eigenvalue weighted by molar-refractivity contribution is -0.122. The molecular weight excluding hydrogens is 300 g/mol. The molecule has 1 fully saturated rings. The van der Waals surface area contributed by atoms with E-state index in [-0.39, 0.29) is 5.91 Å². The van der Waals surface area contributed by atoms with E-state index in [4.69, 9.17) is 4.74 Å². The average molecular weight is 332 g/mol. The lowest BCUT2D eigenvalue weighted by Gasteiger charge is -2.29. The molecule has 0 spiro atoms. The van der Waals surface area contributed by atoms with E-state index in [0.717, 1.165) is 30.3 Å². The Morgan fingerprint density at radius 1 is 1.21 bits per heavy atom. The van der Waals surface area contributed by atoms with Crippen LogP contribution in [0.15, 0.2) is 24.3 Å². The first-order valence-electron chi connectivity index (χ1n) is 9.00. The van der Waals surface area contributed by atoms with Gasteiger partial charge in [0.1, 0.15) is 5.75 Å². The summed E-state index contributed by atoms with van der Waals surface area (Å²) >= 11 is 0. The Bertz CT molecular complexity index is 519. The normalized spacial score (nSPS) is 19.6. The minimum Gasteiger partial charge on any atom is -0.497 e. The molecule has 4 nitrogen and oxygen atoms in total. The zero-order valence-corrected chi connectivity index (χ0v) is 15.6. The Kier molecular flexibility index (Phi) is 6.67. The number of carbonyl (C=O) groups is 1. The van der Waals surface area contributed by atoms with Crippen LogP contribution in [0.1, 0.15) is 45.6 Å². The zero-order valence-electron chi connectivity index (χ0n) is 15.6. The molecule has 2 rings (SSSR count). The minimum absolute atomic E-state index is 0.111. The largest absolute Gasteiger partial charge is 0.497 e. The molecule has 1 N–H and O–H groups in total. The van der Waals surface area contributed by atoms with Crippen LogP contribution in [0.5, 0.6) is 5.75 Å². The first-order valence-corrected chi connectivity index (χ1v) is 9.00. The summed E-state index contributed by atoms with van der Waals surface area (Å²) in [6.07, 6.45) is 3.65. The number of hydrogen-bond donors (Lipinski definition) is 1. The third kappa shape index (κ3) is 5.82. The van der Waals surface area contributed by atoms with Gasteiger partial charge in [0.25, 0.3) is 0 Å². The lowest BCUT2D eigenvalue weighted by Crippen LogP contribution is -2.37. The van der Waals surface area contributed by atoms with Gasteiger partial charge in [-0.25, -0.2) is 0 Å². The number of nitrogens with one attached hydrogen (secondary N) is 1. The van der Waals surface area contributed by atoms with E-state index >= 15 is 0 Å². The van der Waals surface area contributed by atoms with Crippen LogP contribution in [-0.2, 0) is 11.3 Å². The smallest absolute Gasteiger partial charge is 0.234 e. The Morgan fingerprint density at radius 3 is 2.54 bits per heavy atom. The number of benzene rings is 1. The van der Waals surface area contributed by atoms with Gasteiger partial charge in [0.15, 0.2) is 0 Å². The van der Waals surface area contributed by atoms with E-state index in [0.29, 0.717) is 18.5 Å². The van der Waals surface area contributed by atoms with Gasteiger partial charge in [-0.05, 0) is 61.4 Å². The van der Waals surface area contributed by atoms with Crippen molar-refractivity contribution in [2.45, 2.75) is 46.6 Å². The van der Waals surface area contributed by atoms with E-state index < -0.39 is 0 Å². The van der Waals surface area contributed by atoms with Gasteiger partial charge in [-0.3, -0.25) is 9.69 Å². The molecule has 1 saturated heterocycles. The number of nitrogens with zero attached hydrogens (tertiary/aromatic N) is 1. The number of hydrogen-bond acceptors (Lipinski definition) is 3. The molecular formula is C20H32N2O2. The molecule has 1 amide bonds. The van der Waals surface area contributed by atoms with Crippen molar-refractivity contribution in [3.63, 3.8) is 0 Å². The molecule has 0 bridgehead atoms. The maximum absolute atomic E-state index is 12.2. The van der Waals surface area contributed by atoms with E-state index in [1.165, 1.54) is 19.3 Å². The van der Waals surface area contributed by atoms with Crippen LogP contribution < -0.4 is 10.1 Å². The minimum atomic E-state index is 0.111. The number of rotatable bonds is 5. The van der Waals surface area contributed by atoms with Gasteiger partial charge in [0.2, 0.25) is 5.91 Å². The average Bonchev–Trinajstić information content (AvgIpc) is 2.79. The Morgan fingerprint density at radius 2 is 1.92 bits per heavy atom. The third-order valence-corrected chi connectivity index (χ3v) is 5.06. The highest BCUT2D eigenvalue weighted by atomic mass is 16.5. The molecule has 1 heterocycles. The van der Waals surface area contributed by atoms with Crippen LogP contribution in [0.3, 0.4) is 0 Å². The summed E-state index contributed by atoms with van der Waals surface area (Å²) in [5, 5.41) is 3.02. The highest BCUT2D eigenvalue weighted by Gasteiger charge is 2.27. The van der Waals surface area contributed by atoms with Crippen molar-refractivity contribution >= 4 is 5.91 Å². The van der Waals surface area contributed by atoms with Crippen molar-refractivity contribution < 1.29 is 9.53 Å². The summed E-state index contributed by atoms with van der Waals surface area (Å²) in [6, 6.07) is 7.81. The Hall–Kier alpha value is -1.55. The van der Waals surface area contributed by atoms with Crippen LogP contribution in [-0.4, -0.2) is 37.6 Å². The summed E-state index contributed by atoms with van der Waals surface area (Å²) in [6.45, 7) is 10.1. The maximum atomic E-state index is 12.2. The molecule has 1 aromatic rings. The predicted octanol–water partition coefficient (Wildman–Crippen LogP) is 3.46. The summed E-state index contributed by atoms with van der Waals surface area (Å²) in [7, 11) is 1.65. The standard InChI is InChI=1S/C20H32N2O2/c1-20(2,3)17-6-5-12-22(13-11-17)15-19(23)21-14-16-7-9-18(24-4)10-8-16/h7-10,17H,5-6,11-15H2,1-4H3,(H,21,23). The summed E-state index contributed by atoms with van der Waals surface area (Å²) in [5.74, 6) is 1.70. The quantitative estimate of drug-likeness (QED) is 0.898. The van der Waals surface area contributed by atoms with Crippen LogP contribution in [0.25, 0.3) is 0 Å².